The first-order valence-corrected chi connectivity index (χ1v) is 30.3. The molecule has 0 atom stereocenters. The Morgan fingerprint density at radius 2 is 1.29 bits per heavy atom. The summed E-state index contributed by atoms with van der Waals surface area (Å²) in [5.74, 6) is 8.89. The molecule has 3 aromatic heterocycles. The van der Waals surface area contributed by atoms with E-state index in [1.54, 1.807) is 4.40 Å². The topological polar surface area (TPSA) is 30.7 Å². The summed E-state index contributed by atoms with van der Waals surface area (Å²) >= 11 is -0.0409. The van der Waals surface area contributed by atoms with Crippen LogP contribution in [0, 0.1) is 18.1 Å². The maximum Gasteiger partial charge on any atom is 0.0852 e. The number of rotatable bonds is 8. The van der Waals surface area contributed by atoms with Crippen LogP contribution in [0.3, 0.4) is 0 Å². The fourth-order valence-corrected chi connectivity index (χ4v) is 13.6. The van der Waals surface area contributed by atoms with Crippen LogP contribution in [-0.2, 0) is 26.5 Å². The first kappa shape index (κ1) is 44.3. The first-order valence-electron chi connectivity index (χ1n) is 22.2. The molecule has 1 radical (unpaired) electrons. The minimum absolute atomic E-state index is 0. The van der Waals surface area contributed by atoms with Crippen molar-refractivity contribution >= 4 is 71.0 Å². The van der Waals surface area contributed by atoms with Crippen LogP contribution in [0.25, 0.3) is 92.6 Å². The van der Waals surface area contributed by atoms with Gasteiger partial charge in [-0.2, -0.15) is 11.3 Å². The molecule has 0 spiro atoms. The van der Waals surface area contributed by atoms with Crippen LogP contribution in [-0.4, -0.2) is 27.8 Å². The molecular weight excluding hydrogens is 1050 g/mol. The second-order valence-electron chi connectivity index (χ2n) is 17.9. The van der Waals surface area contributed by atoms with Crippen LogP contribution in [0.15, 0.2) is 188 Å². The third kappa shape index (κ3) is 8.79. The van der Waals surface area contributed by atoms with Crippen LogP contribution < -0.4 is 4.40 Å². The fraction of sp³-hybridized carbons (Fsp3) is 0.119. The number of thiophene rings is 1. The van der Waals surface area contributed by atoms with Crippen molar-refractivity contribution in [2.24, 2.45) is 5.92 Å². The molecule has 6 heteroatoms. The molecule has 65 heavy (non-hydrogen) atoms. The van der Waals surface area contributed by atoms with E-state index in [0.29, 0.717) is 5.92 Å². The molecular formula is C59H49GeIrN3S-2. The number of benzene rings is 8. The van der Waals surface area contributed by atoms with E-state index in [9.17, 15) is 0 Å². The number of nitrogens with zero attached hydrogens (tertiary/aromatic N) is 3. The van der Waals surface area contributed by atoms with E-state index in [-0.39, 0.29) is 20.1 Å². The molecule has 0 fully saturated rings. The third-order valence-corrected chi connectivity index (χ3v) is 17.5. The summed E-state index contributed by atoms with van der Waals surface area (Å²) in [5.41, 5.74) is 12.5. The summed E-state index contributed by atoms with van der Waals surface area (Å²) in [4.78, 5) is 10.2. The van der Waals surface area contributed by atoms with E-state index in [1.807, 2.05) is 29.5 Å². The van der Waals surface area contributed by atoms with Gasteiger partial charge < -0.3 is 4.57 Å². The molecule has 0 N–H and O–H groups in total. The Balaban J connectivity index is 0.000000215. The third-order valence-electron chi connectivity index (χ3n) is 12.0. The zero-order valence-corrected chi connectivity index (χ0v) is 42.6. The Morgan fingerprint density at radius 3 is 1.97 bits per heavy atom. The molecule has 3 nitrogen and oxygen atoms in total. The van der Waals surface area contributed by atoms with Crippen molar-refractivity contribution in [3.8, 4) is 50.6 Å². The predicted octanol–water partition coefficient (Wildman–Crippen LogP) is 15.6. The van der Waals surface area contributed by atoms with Gasteiger partial charge in [-0.25, -0.2) is 0 Å². The molecule has 0 aliphatic rings. The Morgan fingerprint density at radius 1 is 0.631 bits per heavy atom. The van der Waals surface area contributed by atoms with Gasteiger partial charge in [-0.15, -0.1) is 18.2 Å². The van der Waals surface area contributed by atoms with Crippen molar-refractivity contribution in [2.45, 2.75) is 37.5 Å². The quantitative estimate of drug-likeness (QED) is 0.112. The molecule has 8 aromatic carbocycles. The maximum absolute atomic E-state index is 5.52. The van der Waals surface area contributed by atoms with E-state index in [4.69, 9.17) is 9.97 Å². The van der Waals surface area contributed by atoms with Crippen molar-refractivity contribution in [1.82, 2.24) is 14.5 Å². The summed E-state index contributed by atoms with van der Waals surface area (Å²) in [5, 5.41) is 4.83. The molecule has 0 amide bonds. The normalized spacial score (nSPS) is 11.5. The van der Waals surface area contributed by atoms with E-state index >= 15 is 0 Å². The molecule has 0 aliphatic carbocycles. The molecule has 11 aromatic rings. The van der Waals surface area contributed by atoms with Gasteiger partial charge in [0.1, 0.15) is 0 Å². The molecule has 0 saturated carbocycles. The number of fused-ring (bicyclic) bond motifs is 6. The summed E-state index contributed by atoms with van der Waals surface area (Å²) in [6, 6.07) is 71.2. The summed E-state index contributed by atoms with van der Waals surface area (Å²) in [6.07, 6.45) is 3.27. The Labute approximate surface area is 402 Å². The number of hydrogen-bond donors (Lipinski definition) is 0. The van der Waals surface area contributed by atoms with Crippen LogP contribution in [0.2, 0.25) is 17.3 Å². The summed E-state index contributed by atoms with van der Waals surface area (Å²) in [6.45, 7) is 4.57. The summed E-state index contributed by atoms with van der Waals surface area (Å²) in [7, 11) is 0. The SMILES string of the molecule is CC(C)Cc1cc(-c2[c-]cccc2)nc[c]1[Ge]([CH3])([CH3])[CH3].[Ir].[c-]1ccc2c(sc3ccccc32)c1-c1nc2c3ccccc3ccc2n1-c1c(-c2ccccc2)cccc1-c1ccccc1. The van der Waals surface area contributed by atoms with Gasteiger partial charge in [0.2, 0.25) is 0 Å². The van der Waals surface area contributed by atoms with Gasteiger partial charge in [0.25, 0.3) is 0 Å². The molecule has 11 rings (SSSR count). The second kappa shape index (κ2) is 18.9. The maximum atomic E-state index is 5.52. The van der Waals surface area contributed by atoms with Gasteiger partial charge in [0.05, 0.1) is 22.5 Å². The van der Waals surface area contributed by atoms with Gasteiger partial charge >= 0.3 is 126 Å². The molecule has 3 heterocycles. The number of hydrogen-bond acceptors (Lipinski definition) is 3. The first-order chi connectivity index (χ1) is 31.2. The second-order valence-corrected chi connectivity index (χ2v) is 29.5. The van der Waals surface area contributed by atoms with E-state index < -0.39 is 13.3 Å². The van der Waals surface area contributed by atoms with Crippen LogP contribution in [0.4, 0.5) is 0 Å². The molecule has 321 valence electrons. The Hall–Kier alpha value is -5.95. The largest absolute Gasteiger partial charge is 0.332 e. The van der Waals surface area contributed by atoms with Crippen LogP contribution >= 0.6 is 11.3 Å². The van der Waals surface area contributed by atoms with E-state index in [2.05, 4.69) is 218 Å². The standard InChI is InChI=1S/C41H25N2S.C18H24GeN.Ir/c1-3-13-27(14-4-1)31-20-11-21-32(28-15-5-2-6-16-28)39(31)43-36-26-25-29-17-7-8-18-30(29)38(36)42-41(43)35-23-12-22-34-33-19-9-10-24-37(33)44-40(34)35;1-14(2)11-16-12-18(15-9-7-6-8-10-15)20-13-17(16)19(3,4)5;/h1-22,24-26H;6-9,12-14H,11H2,1-5H3;/q2*-1;. The van der Waals surface area contributed by atoms with Gasteiger partial charge in [0, 0.05) is 41.3 Å². The van der Waals surface area contributed by atoms with Gasteiger partial charge in [-0.3, -0.25) is 4.98 Å². The van der Waals surface area contributed by atoms with Gasteiger partial charge in [-0.1, -0.05) is 138 Å². The predicted molar refractivity (Wildman–Crippen MR) is 277 cm³/mol. The Bertz CT molecular complexity index is 3370. The minimum Gasteiger partial charge on any atom is -0.332 e. The average molecular weight is 1100 g/mol. The monoisotopic (exact) mass is 1100 g/mol. The number of aromatic nitrogens is 3. The zero-order valence-electron chi connectivity index (χ0n) is 37.3. The van der Waals surface area contributed by atoms with Gasteiger partial charge in [0.15, 0.2) is 0 Å². The van der Waals surface area contributed by atoms with Crippen molar-refractivity contribution in [3.63, 3.8) is 0 Å². The number of pyridine rings is 1. The number of para-hydroxylation sites is 1. The van der Waals surface area contributed by atoms with Crippen molar-refractivity contribution < 1.29 is 20.1 Å². The smallest absolute Gasteiger partial charge is 0.0852 e. The molecule has 0 saturated heterocycles. The fourth-order valence-electron chi connectivity index (χ4n) is 9.03. The van der Waals surface area contributed by atoms with Crippen LogP contribution in [0.5, 0.6) is 0 Å². The van der Waals surface area contributed by atoms with Gasteiger partial charge in [-0.05, 0) is 38.7 Å². The number of imidazole rings is 1. The minimum atomic E-state index is -1.86. The van der Waals surface area contributed by atoms with Crippen molar-refractivity contribution in [3.05, 3.63) is 206 Å². The van der Waals surface area contributed by atoms with Crippen molar-refractivity contribution in [1.29, 1.82) is 0 Å². The molecule has 0 unspecified atom stereocenters. The Kier molecular flexibility index (Phi) is 12.9. The van der Waals surface area contributed by atoms with E-state index in [1.165, 1.54) is 31.1 Å². The molecule has 0 aliphatic heterocycles. The average Bonchev–Trinajstić information content (AvgIpc) is 3.91. The zero-order chi connectivity index (χ0) is 43.8. The molecule has 0 bridgehead atoms. The van der Waals surface area contributed by atoms with Crippen LogP contribution in [0.1, 0.15) is 19.4 Å². The summed E-state index contributed by atoms with van der Waals surface area (Å²) < 4.78 is 6.40. The van der Waals surface area contributed by atoms with Crippen molar-refractivity contribution in [2.75, 3.05) is 0 Å². The van der Waals surface area contributed by atoms with E-state index in [0.717, 1.165) is 73.4 Å².